The SMILES string of the molecule is O=C(CCc1ccco1)NCc1ccnc(N2CCOCC2)c1. The van der Waals surface area contributed by atoms with E-state index in [9.17, 15) is 4.79 Å². The van der Waals surface area contributed by atoms with Crippen LogP contribution in [0.4, 0.5) is 5.82 Å². The predicted molar refractivity (Wildman–Crippen MR) is 86.1 cm³/mol. The molecule has 1 N–H and O–H groups in total. The molecule has 6 nitrogen and oxygen atoms in total. The number of carbonyl (C=O) groups excluding carboxylic acids is 1. The van der Waals surface area contributed by atoms with Crippen molar-refractivity contribution in [3.63, 3.8) is 0 Å². The van der Waals surface area contributed by atoms with Crippen LogP contribution in [0.5, 0.6) is 0 Å². The molecule has 0 unspecified atom stereocenters. The van der Waals surface area contributed by atoms with Crippen molar-refractivity contribution in [3.05, 3.63) is 48.0 Å². The van der Waals surface area contributed by atoms with Gasteiger partial charge in [0.1, 0.15) is 11.6 Å². The van der Waals surface area contributed by atoms with E-state index < -0.39 is 0 Å². The summed E-state index contributed by atoms with van der Waals surface area (Å²) in [7, 11) is 0. The molecular formula is C17H21N3O3. The summed E-state index contributed by atoms with van der Waals surface area (Å²) in [5.74, 6) is 1.79. The second kappa shape index (κ2) is 7.78. The van der Waals surface area contributed by atoms with Gasteiger partial charge in [0, 0.05) is 38.7 Å². The Balaban J connectivity index is 1.48. The summed E-state index contributed by atoms with van der Waals surface area (Å²) in [6, 6.07) is 7.66. The second-order valence-corrected chi connectivity index (χ2v) is 5.48. The number of furan rings is 1. The van der Waals surface area contributed by atoms with Gasteiger partial charge in [0.15, 0.2) is 0 Å². The lowest BCUT2D eigenvalue weighted by Gasteiger charge is -2.28. The third-order valence-electron chi connectivity index (χ3n) is 3.81. The van der Waals surface area contributed by atoms with Gasteiger partial charge in [-0.15, -0.1) is 0 Å². The molecule has 0 aromatic carbocycles. The molecule has 3 heterocycles. The van der Waals surface area contributed by atoms with Gasteiger partial charge in [-0.25, -0.2) is 4.98 Å². The number of hydrogen-bond acceptors (Lipinski definition) is 5. The van der Waals surface area contributed by atoms with E-state index in [1.165, 1.54) is 0 Å². The van der Waals surface area contributed by atoms with Crippen molar-refractivity contribution in [2.45, 2.75) is 19.4 Å². The van der Waals surface area contributed by atoms with Crippen molar-refractivity contribution in [1.29, 1.82) is 0 Å². The molecule has 0 radical (unpaired) electrons. The Morgan fingerprint density at radius 1 is 1.30 bits per heavy atom. The first-order valence-corrected chi connectivity index (χ1v) is 7.88. The molecular weight excluding hydrogens is 294 g/mol. The molecule has 0 aliphatic carbocycles. The lowest BCUT2D eigenvalue weighted by molar-refractivity contribution is -0.121. The summed E-state index contributed by atoms with van der Waals surface area (Å²) >= 11 is 0. The highest BCUT2D eigenvalue weighted by atomic mass is 16.5. The molecule has 0 spiro atoms. The first-order valence-electron chi connectivity index (χ1n) is 7.88. The Morgan fingerprint density at radius 3 is 2.96 bits per heavy atom. The molecule has 1 aliphatic heterocycles. The topological polar surface area (TPSA) is 67.6 Å². The number of aryl methyl sites for hydroxylation is 1. The number of pyridine rings is 1. The molecule has 3 rings (SSSR count). The Bertz CT molecular complexity index is 622. The lowest BCUT2D eigenvalue weighted by Crippen LogP contribution is -2.36. The van der Waals surface area contributed by atoms with Crippen LogP contribution in [0.1, 0.15) is 17.7 Å². The van der Waals surface area contributed by atoms with Gasteiger partial charge in [0.25, 0.3) is 0 Å². The summed E-state index contributed by atoms with van der Waals surface area (Å²) < 4.78 is 10.6. The van der Waals surface area contributed by atoms with Crippen LogP contribution in [-0.2, 0) is 22.5 Å². The number of nitrogens with zero attached hydrogens (tertiary/aromatic N) is 2. The number of amides is 1. The molecule has 1 saturated heterocycles. The fourth-order valence-electron chi connectivity index (χ4n) is 2.52. The van der Waals surface area contributed by atoms with Gasteiger partial charge in [0.05, 0.1) is 19.5 Å². The van der Waals surface area contributed by atoms with Crippen molar-refractivity contribution in [2.75, 3.05) is 31.2 Å². The van der Waals surface area contributed by atoms with E-state index in [4.69, 9.17) is 9.15 Å². The van der Waals surface area contributed by atoms with Crippen LogP contribution in [0.3, 0.4) is 0 Å². The van der Waals surface area contributed by atoms with E-state index >= 15 is 0 Å². The van der Waals surface area contributed by atoms with E-state index in [0.717, 1.165) is 43.4 Å². The van der Waals surface area contributed by atoms with E-state index in [0.29, 0.717) is 19.4 Å². The second-order valence-electron chi connectivity index (χ2n) is 5.48. The summed E-state index contributed by atoms with van der Waals surface area (Å²) in [6.45, 7) is 3.68. The van der Waals surface area contributed by atoms with Crippen LogP contribution < -0.4 is 10.2 Å². The summed E-state index contributed by atoms with van der Waals surface area (Å²) in [5.41, 5.74) is 1.05. The van der Waals surface area contributed by atoms with Crippen LogP contribution >= 0.6 is 0 Å². The minimum absolute atomic E-state index is 0.0196. The number of morpholine rings is 1. The molecule has 0 atom stereocenters. The highest BCUT2D eigenvalue weighted by Gasteiger charge is 2.12. The average Bonchev–Trinajstić information content (AvgIpc) is 3.13. The van der Waals surface area contributed by atoms with Gasteiger partial charge < -0.3 is 19.4 Å². The van der Waals surface area contributed by atoms with E-state index in [-0.39, 0.29) is 5.91 Å². The first-order chi connectivity index (χ1) is 11.3. The maximum Gasteiger partial charge on any atom is 0.220 e. The molecule has 6 heteroatoms. The molecule has 2 aromatic rings. The Kier molecular flexibility index (Phi) is 5.26. The third-order valence-corrected chi connectivity index (χ3v) is 3.81. The normalized spacial score (nSPS) is 14.7. The van der Waals surface area contributed by atoms with Crippen molar-refractivity contribution in [1.82, 2.24) is 10.3 Å². The van der Waals surface area contributed by atoms with Gasteiger partial charge in [-0.3, -0.25) is 4.79 Å². The smallest absolute Gasteiger partial charge is 0.220 e. The van der Waals surface area contributed by atoms with Crippen molar-refractivity contribution in [2.24, 2.45) is 0 Å². The number of carbonyl (C=O) groups is 1. The van der Waals surface area contributed by atoms with Crippen LogP contribution in [0, 0.1) is 0 Å². The first kappa shape index (κ1) is 15.6. The largest absolute Gasteiger partial charge is 0.469 e. The number of aromatic nitrogens is 1. The monoisotopic (exact) mass is 315 g/mol. The standard InChI is InChI=1S/C17H21N3O3/c21-17(4-3-15-2-1-9-23-15)19-13-14-5-6-18-16(12-14)20-7-10-22-11-8-20/h1-2,5-6,9,12H,3-4,7-8,10-11,13H2,(H,19,21). The molecule has 1 amide bonds. The zero-order valence-electron chi connectivity index (χ0n) is 13.0. The zero-order chi connectivity index (χ0) is 15.9. The highest BCUT2D eigenvalue weighted by molar-refractivity contribution is 5.76. The van der Waals surface area contributed by atoms with Crippen LogP contribution in [0.25, 0.3) is 0 Å². The molecule has 1 aliphatic rings. The fourth-order valence-corrected chi connectivity index (χ4v) is 2.52. The number of nitrogens with one attached hydrogen (secondary N) is 1. The zero-order valence-corrected chi connectivity index (χ0v) is 13.0. The molecule has 0 bridgehead atoms. The van der Waals surface area contributed by atoms with Crippen molar-refractivity contribution in [3.8, 4) is 0 Å². The minimum atomic E-state index is 0.0196. The van der Waals surface area contributed by atoms with Crippen LogP contribution in [0.15, 0.2) is 41.1 Å². The molecule has 2 aromatic heterocycles. The summed E-state index contributed by atoms with van der Waals surface area (Å²) in [6.07, 6.45) is 4.45. The molecule has 0 saturated carbocycles. The Morgan fingerprint density at radius 2 is 2.17 bits per heavy atom. The van der Waals surface area contributed by atoms with Crippen molar-refractivity contribution < 1.29 is 13.9 Å². The van der Waals surface area contributed by atoms with E-state index in [1.807, 2.05) is 24.3 Å². The van der Waals surface area contributed by atoms with Gasteiger partial charge in [0.2, 0.25) is 5.91 Å². The maximum absolute atomic E-state index is 11.9. The highest BCUT2D eigenvalue weighted by Crippen LogP contribution is 2.14. The quantitative estimate of drug-likeness (QED) is 0.880. The fraction of sp³-hybridized carbons (Fsp3) is 0.412. The number of rotatable bonds is 6. The molecule has 122 valence electrons. The van der Waals surface area contributed by atoms with Crippen LogP contribution in [0.2, 0.25) is 0 Å². The minimum Gasteiger partial charge on any atom is -0.469 e. The van der Waals surface area contributed by atoms with Gasteiger partial charge in [-0.1, -0.05) is 0 Å². The molecule has 1 fully saturated rings. The number of anilines is 1. The maximum atomic E-state index is 11.9. The summed E-state index contributed by atoms with van der Waals surface area (Å²) in [5, 5.41) is 2.94. The lowest BCUT2D eigenvalue weighted by atomic mass is 10.2. The summed E-state index contributed by atoms with van der Waals surface area (Å²) in [4.78, 5) is 18.5. The Hall–Kier alpha value is -2.34. The average molecular weight is 315 g/mol. The molecule has 23 heavy (non-hydrogen) atoms. The number of hydrogen-bond donors (Lipinski definition) is 1. The third kappa shape index (κ3) is 4.56. The van der Waals surface area contributed by atoms with Gasteiger partial charge >= 0.3 is 0 Å². The number of ether oxygens (including phenoxy) is 1. The van der Waals surface area contributed by atoms with Crippen molar-refractivity contribution >= 4 is 11.7 Å². The Labute approximate surface area is 135 Å². The van der Waals surface area contributed by atoms with Crippen LogP contribution in [-0.4, -0.2) is 37.2 Å². The predicted octanol–water partition coefficient (Wildman–Crippen LogP) is 1.76. The van der Waals surface area contributed by atoms with Gasteiger partial charge in [-0.05, 0) is 29.8 Å². The van der Waals surface area contributed by atoms with E-state index in [1.54, 1.807) is 12.5 Å². The van der Waals surface area contributed by atoms with E-state index in [2.05, 4.69) is 15.2 Å². The van der Waals surface area contributed by atoms with Gasteiger partial charge in [-0.2, -0.15) is 0 Å².